The Balaban J connectivity index is 2.02. The van der Waals surface area contributed by atoms with Gasteiger partial charge < -0.3 is 15.8 Å². The predicted octanol–water partition coefficient (Wildman–Crippen LogP) is 0.975. The van der Waals surface area contributed by atoms with Crippen LogP contribution in [-0.4, -0.2) is 49.2 Å². The summed E-state index contributed by atoms with van der Waals surface area (Å²) in [5.74, 6) is -0.118. The van der Waals surface area contributed by atoms with Crippen LogP contribution in [0.2, 0.25) is 0 Å². The Morgan fingerprint density at radius 1 is 1.55 bits per heavy atom. The lowest BCUT2D eigenvalue weighted by Gasteiger charge is -2.34. The normalized spacial score (nSPS) is 18.8. The van der Waals surface area contributed by atoms with E-state index in [-0.39, 0.29) is 11.9 Å². The molecule has 0 bridgehead atoms. The summed E-state index contributed by atoms with van der Waals surface area (Å²) in [6, 6.07) is 4.36. The van der Waals surface area contributed by atoms with Gasteiger partial charge in [0.15, 0.2) is 0 Å². The van der Waals surface area contributed by atoms with E-state index in [1.165, 1.54) is 4.88 Å². The average Bonchev–Trinajstić information content (AvgIpc) is 2.93. The second-order valence-electron chi connectivity index (χ2n) is 5.61. The van der Waals surface area contributed by atoms with E-state index in [4.69, 9.17) is 10.5 Å². The number of nitrogens with two attached hydrogens (primary N) is 1. The highest BCUT2D eigenvalue weighted by Crippen LogP contribution is 2.25. The summed E-state index contributed by atoms with van der Waals surface area (Å²) in [5, 5.41) is 5.04. The van der Waals surface area contributed by atoms with E-state index in [0.717, 1.165) is 26.3 Å². The van der Waals surface area contributed by atoms with Crippen molar-refractivity contribution in [2.24, 2.45) is 5.73 Å². The predicted molar refractivity (Wildman–Crippen MR) is 80.7 cm³/mol. The Bertz CT molecular complexity index is 422. The van der Waals surface area contributed by atoms with Crippen LogP contribution in [0.15, 0.2) is 17.5 Å². The van der Waals surface area contributed by atoms with E-state index in [2.05, 4.69) is 21.7 Å². The molecule has 1 saturated heterocycles. The summed E-state index contributed by atoms with van der Waals surface area (Å²) in [7, 11) is 0. The fraction of sp³-hybridized carbons (Fsp3) is 0.643. The van der Waals surface area contributed by atoms with E-state index in [9.17, 15) is 4.79 Å². The SMILES string of the molecule is CC(C)(N)C(=O)NCC(c1cccs1)N1CCOCC1. The molecule has 0 aromatic carbocycles. The number of ether oxygens (including phenoxy) is 1. The molecule has 5 nitrogen and oxygen atoms in total. The lowest BCUT2D eigenvalue weighted by atomic mass is 10.1. The standard InChI is InChI=1S/C14H23N3O2S/c1-14(2,15)13(18)16-10-11(12-4-3-9-20-12)17-5-7-19-8-6-17/h3-4,9,11H,5-8,10,15H2,1-2H3,(H,16,18). The largest absolute Gasteiger partial charge is 0.379 e. The van der Waals surface area contributed by atoms with Crippen molar-refractivity contribution in [3.63, 3.8) is 0 Å². The number of rotatable bonds is 5. The maximum Gasteiger partial charge on any atom is 0.239 e. The van der Waals surface area contributed by atoms with Gasteiger partial charge in [0.2, 0.25) is 5.91 Å². The number of thiophene rings is 1. The van der Waals surface area contributed by atoms with Crippen LogP contribution in [-0.2, 0) is 9.53 Å². The van der Waals surface area contributed by atoms with E-state index in [1.54, 1.807) is 25.2 Å². The summed E-state index contributed by atoms with van der Waals surface area (Å²) in [6.07, 6.45) is 0. The van der Waals surface area contributed by atoms with Gasteiger partial charge in [-0.05, 0) is 25.3 Å². The van der Waals surface area contributed by atoms with Crippen molar-refractivity contribution in [2.45, 2.75) is 25.4 Å². The minimum atomic E-state index is -0.842. The first-order valence-electron chi connectivity index (χ1n) is 6.91. The minimum absolute atomic E-state index is 0.118. The number of amides is 1. The second kappa shape index (κ2) is 6.67. The van der Waals surface area contributed by atoms with Crippen molar-refractivity contribution in [1.82, 2.24) is 10.2 Å². The molecule has 0 saturated carbocycles. The first-order chi connectivity index (χ1) is 9.48. The highest BCUT2D eigenvalue weighted by molar-refractivity contribution is 7.10. The van der Waals surface area contributed by atoms with Crippen LogP contribution >= 0.6 is 11.3 Å². The number of morpholine rings is 1. The van der Waals surface area contributed by atoms with E-state index in [0.29, 0.717) is 6.54 Å². The van der Waals surface area contributed by atoms with Crippen molar-refractivity contribution >= 4 is 17.2 Å². The fourth-order valence-electron chi connectivity index (χ4n) is 2.20. The van der Waals surface area contributed by atoms with E-state index in [1.807, 2.05) is 6.07 Å². The number of nitrogens with one attached hydrogen (secondary N) is 1. The Morgan fingerprint density at radius 2 is 2.25 bits per heavy atom. The third-order valence-electron chi connectivity index (χ3n) is 3.40. The summed E-state index contributed by atoms with van der Waals surface area (Å²) < 4.78 is 5.40. The van der Waals surface area contributed by atoms with Crippen molar-refractivity contribution in [3.8, 4) is 0 Å². The maximum atomic E-state index is 11.9. The van der Waals surface area contributed by atoms with Gasteiger partial charge in [-0.1, -0.05) is 6.07 Å². The molecule has 6 heteroatoms. The summed E-state index contributed by atoms with van der Waals surface area (Å²) >= 11 is 1.72. The molecule has 0 radical (unpaired) electrons. The zero-order valence-electron chi connectivity index (χ0n) is 12.1. The van der Waals surface area contributed by atoms with Crippen LogP contribution in [0.1, 0.15) is 24.8 Å². The van der Waals surface area contributed by atoms with Gasteiger partial charge in [0.25, 0.3) is 0 Å². The molecule has 0 spiro atoms. The molecule has 1 aromatic heterocycles. The molecule has 1 aliphatic rings. The molecule has 1 aromatic rings. The summed E-state index contributed by atoms with van der Waals surface area (Å²) in [6.45, 7) is 7.31. The third-order valence-corrected chi connectivity index (χ3v) is 4.37. The topological polar surface area (TPSA) is 67.6 Å². The molecular weight excluding hydrogens is 274 g/mol. The van der Waals surface area contributed by atoms with Gasteiger partial charge in [-0.3, -0.25) is 9.69 Å². The maximum absolute atomic E-state index is 11.9. The zero-order valence-corrected chi connectivity index (χ0v) is 12.9. The van der Waals surface area contributed by atoms with Crippen LogP contribution in [0.4, 0.5) is 0 Å². The monoisotopic (exact) mass is 297 g/mol. The van der Waals surface area contributed by atoms with Gasteiger partial charge in [0.1, 0.15) is 0 Å². The number of hydrogen-bond acceptors (Lipinski definition) is 5. The Morgan fingerprint density at radius 3 is 2.80 bits per heavy atom. The lowest BCUT2D eigenvalue weighted by Crippen LogP contribution is -2.51. The molecule has 2 rings (SSSR count). The number of hydrogen-bond donors (Lipinski definition) is 2. The quantitative estimate of drug-likeness (QED) is 0.850. The highest BCUT2D eigenvalue weighted by Gasteiger charge is 2.27. The van der Waals surface area contributed by atoms with Crippen LogP contribution in [0, 0.1) is 0 Å². The van der Waals surface area contributed by atoms with Gasteiger partial charge in [-0.2, -0.15) is 0 Å². The van der Waals surface area contributed by atoms with Crippen LogP contribution in [0.5, 0.6) is 0 Å². The van der Waals surface area contributed by atoms with Gasteiger partial charge >= 0.3 is 0 Å². The summed E-state index contributed by atoms with van der Waals surface area (Å²) in [4.78, 5) is 15.6. The molecule has 2 heterocycles. The third kappa shape index (κ3) is 4.02. The molecule has 1 fully saturated rings. The van der Waals surface area contributed by atoms with Crippen LogP contribution in [0.25, 0.3) is 0 Å². The fourth-order valence-corrected chi connectivity index (χ4v) is 3.06. The molecular formula is C14H23N3O2S. The first-order valence-corrected chi connectivity index (χ1v) is 7.79. The van der Waals surface area contributed by atoms with E-state index < -0.39 is 5.54 Å². The number of carbonyl (C=O) groups is 1. The Hall–Kier alpha value is -0.950. The first kappa shape index (κ1) is 15.4. The molecule has 20 heavy (non-hydrogen) atoms. The second-order valence-corrected chi connectivity index (χ2v) is 6.59. The minimum Gasteiger partial charge on any atom is -0.379 e. The van der Waals surface area contributed by atoms with Gasteiger partial charge in [0, 0.05) is 24.5 Å². The highest BCUT2D eigenvalue weighted by atomic mass is 32.1. The molecule has 1 amide bonds. The van der Waals surface area contributed by atoms with Crippen molar-refractivity contribution < 1.29 is 9.53 Å². The molecule has 1 unspecified atom stereocenters. The molecule has 112 valence electrons. The van der Waals surface area contributed by atoms with E-state index >= 15 is 0 Å². The van der Waals surface area contributed by atoms with Crippen molar-refractivity contribution in [3.05, 3.63) is 22.4 Å². The lowest BCUT2D eigenvalue weighted by molar-refractivity contribution is -0.125. The zero-order chi connectivity index (χ0) is 14.6. The Kier molecular flexibility index (Phi) is 5.15. The molecule has 3 N–H and O–H groups in total. The van der Waals surface area contributed by atoms with Crippen LogP contribution in [0.3, 0.4) is 0 Å². The van der Waals surface area contributed by atoms with Crippen LogP contribution < -0.4 is 11.1 Å². The summed E-state index contributed by atoms with van der Waals surface area (Å²) in [5.41, 5.74) is 4.98. The smallest absolute Gasteiger partial charge is 0.239 e. The van der Waals surface area contributed by atoms with Gasteiger partial charge in [-0.25, -0.2) is 0 Å². The van der Waals surface area contributed by atoms with Gasteiger partial charge in [0.05, 0.1) is 24.8 Å². The van der Waals surface area contributed by atoms with Crippen molar-refractivity contribution in [1.29, 1.82) is 0 Å². The average molecular weight is 297 g/mol. The van der Waals surface area contributed by atoms with Crippen molar-refractivity contribution in [2.75, 3.05) is 32.8 Å². The number of carbonyl (C=O) groups excluding carboxylic acids is 1. The molecule has 1 aliphatic heterocycles. The number of nitrogens with zero attached hydrogens (tertiary/aromatic N) is 1. The Labute approximate surface area is 124 Å². The molecule has 1 atom stereocenters. The van der Waals surface area contributed by atoms with Gasteiger partial charge in [-0.15, -0.1) is 11.3 Å². The molecule has 0 aliphatic carbocycles.